The van der Waals surface area contributed by atoms with Crippen molar-refractivity contribution in [1.29, 1.82) is 10.8 Å². The summed E-state index contributed by atoms with van der Waals surface area (Å²) in [6.07, 6.45) is -2.01. The van der Waals surface area contributed by atoms with Crippen molar-refractivity contribution in [2.45, 2.75) is 108 Å². The minimum Gasteiger partial charge on any atom is -0.508 e. The lowest BCUT2D eigenvalue weighted by Crippen LogP contribution is -2.61. The molecule has 7 atom stereocenters. The highest BCUT2D eigenvalue weighted by molar-refractivity contribution is 5.97. The number of amides is 7. The minimum absolute atomic E-state index is 0.0214. The topological polar surface area (TPSA) is 399 Å². The molecule has 23 heteroatoms. The van der Waals surface area contributed by atoms with Gasteiger partial charge in [0.25, 0.3) is 0 Å². The van der Waals surface area contributed by atoms with E-state index in [0.29, 0.717) is 5.56 Å². The predicted molar refractivity (Wildman–Crippen MR) is 221 cm³/mol. The lowest BCUT2D eigenvalue weighted by molar-refractivity contribution is -0.143. The molecule has 60 heavy (non-hydrogen) atoms. The Morgan fingerprint density at radius 3 is 1.70 bits per heavy atom. The number of carbonyl (C=O) groups excluding carboxylic acids is 7. The Labute approximate surface area is 349 Å². The number of hydrogen-bond donors (Lipinski definition) is 15. The van der Waals surface area contributed by atoms with Crippen molar-refractivity contribution < 1.29 is 43.8 Å². The third kappa shape index (κ3) is 18.6. The minimum atomic E-state index is -1.51. The number of carbonyl (C=O) groups is 7. The van der Waals surface area contributed by atoms with Crippen molar-refractivity contribution in [2.24, 2.45) is 28.9 Å². The highest BCUT2D eigenvalue weighted by atomic mass is 16.3. The molecule has 0 saturated heterocycles. The van der Waals surface area contributed by atoms with Crippen LogP contribution < -0.4 is 60.2 Å². The number of aliphatic hydroxyl groups is 1. The average Bonchev–Trinajstić information content (AvgIpc) is 3.16. The zero-order valence-corrected chi connectivity index (χ0v) is 34.8. The number of phenolic OH excluding ortho intramolecular Hbond substituents is 1. The van der Waals surface area contributed by atoms with Gasteiger partial charge in [0, 0.05) is 33.0 Å². The Morgan fingerprint density at radius 2 is 1.22 bits per heavy atom. The van der Waals surface area contributed by atoms with Crippen molar-refractivity contribution in [3.05, 3.63) is 29.8 Å². The molecule has 0 aliphatic carbocycles. The average molecular weight is 849 g/mol. The van der Waals surface area contributed by atoms with Gasteiger partial charge in [-0.05, 0) is 69.7 Å². The third-order valence-electron chi connectivity index (χ3n) is 9.36. The van der Waals surface area contributed by atoms with Crippen molar-refractivity contribution in [3.8, 4) is 5.75 Å². The van der Waals surface area contributed by atoms with E-state index >= 15 is 0 Å². The van der Waals surface area contributed by atoms with Crippen LogP contribution in [0.15, 0.2) is 24.3 Å². The number of likely N-dealkylation sites (N-methyl/N-ethyl adjacent to an activating group) is 2. The Kier molecular flexibility index (Phi) is 22.4. The first-order valence-electron chi connectivity index (χ1n) is 19.4. The summed E-state index contributed by atoms with van der Waals surface area (Å²) in [6.45, 7) is 5.05. The van der Waals surface area contributed by atoms with Gasteiger partial charge in [-0.25, -0.2) is 0 Å². The first-order valence-corrected chi connectivity index (χ1v) is 19.4. The molecule has 0 aromatic heterocycles. The highest BCUT2D eigenvalue weighted by Crippen LogP contribution is 2.15. The second-order valence-corrected chi connectivity index (χ2v) is 14.6. The monoisotopic (exact) mass is 848 g/mol. The van der Waals surface area contributed by atoms with E-state index in [1.54, 1.807) is 20.9 Å². The number of hydrogen-bond acceptors (Lipinski definition) is 12. The fourth-order valence-corrected chi connectivity index (χ4v) is 6.07. The molecular formula is C37H64N14O9. The Hall–Kier alpha value is -6.23. The van der Waals surface area contributed by atoms with Crippen LogP contribution >= 0.6 is 0 Å². The van der Waals surface area contributed by atoms with Gasteiger partial charge >= 0.3 is 0 Å². The molecule has 0 unspecified atom stereocenters. The molecule has 0 aliphatic rings. The van der Waals surface area contributed by atoms with Gasteiger partial charge in [-0.15, -0.1) is 0 Å². The van der Waals surface area contributed by atoms with Crippen LogP contribution in [0, 0.1) is 16.7 Å². The molecule has 0 radical (unpaired) electrons. The van der Waals surface area contributed by atoms with Crippen molar-refractivity contribution in [1.82, 2.24) is 42.1 Å². The maximum atomic E-state index is 14.2. The van der Waals surface area contributed by atoms with E-state index in [0.717, 1.165) is 4.90 Å². The van der Waals surface area contributed by atoms with Gasteiger partial charge in [0.05, 0.1) is 12.1 Å². The second kappa shape index (κ2) is 26.0. The number of benzene rings is 1. The first-order chi connectivity index (χ1) is 28.1. The fourth-order valence-electron chi connectivity index (χ4n) is 6.07. The van der Waals surface area contributed by atoms with Crippen LogP contribution in [0.25, 0.3) is 0 Å². The first kappa shape index (κ1) is 51.8. The van der Waals surface area contributed by atoms with Crippen LogP contribution in [-0.2, 0) is 40.0 Å². The van der Waals surface area contributed by atoms with Gasteiger partial charge in [0.1, 0.15) is 36.0 Å². The Morgan fingerprint density at radius 1 is 0.700 bits per heavy atom. The molecule has 7 amide bonds. The van der Waals surface area contributed by atoms with Crippen LogP contribution in [0.5, 0.6) is 5.75 Å². The molecule has 0 spiro atoms. The maximum Gasteiger partial charge on any atom is 0.245 e. The summed E-state index contributed by atoms with van der Waals surface area (Å²) in [5, 5.41) is 53.2. The largest absolute Gasteiger partial charge is 0.508 e. The molecule has 0 saturated carbocycles. The quantitative estimate of drug-likeness (QED) is 0.0226. The zero-order chi connectivity index (χ0) is 45.7. The van der Waals surface area contributed by atoms with Gasteiger partial charge in [0.15, 0.2) is 11.9 Å². The van der Waals surface area contributed by atoms with E-state index in [9.17, 15) is 43.8 Å². The molecule has 0 fully saturated rings. The number of phenols is 1. The molecule has 0 aliphatic heterocycles. The number of aliphatic hydroxyl groups excluding tert-OH is 1. The standard InChI is InChI=1S/C37H64N14O9/c1-19(2)28(44-4)33(58)50-29(20(3)52)34(59)47-23(8-6-16-45-36(40)41)31(56)48-24(14-15-27(38)54)35(60)51(5)26(9-7-17-46-37(42)43)32(57)49-25(30(39)55)18-21-10-12-22(53)13-11-21/h10-13,19-20,23-26,28-29,44,52-53H,6-9,14-18H2,1-5H3,(H2,38,54)(H2,39,55)(H,47,59)(H,48,56)(H,49,57)(H,50,58)(H4,40,41,45)(H4,42,43,46)/t20-,23+,24+,25+,26+,28+,29+/m1/s1. The highest BCUT2D eigenvalue weighted by Gasteiger charge is 2.36. The van der Waals surface area contributed by atoms with Gasteiger partial charge in [-0.1, -0.05) is 26.0 Å². The predicted octanol–water partition coefficient (Wildman–Crippen LogP) is -4.40. The van der Waals surface area contributed by atoms with Crippen molar-refractivity contribution in [2.75, 3.05) is 27.2 Å². The smallest absolute Gasteiger partial charge is 0.245 e. The molecule has 0 bridgehead atoms. The molecule has 0 heterocycles. The van der Waals surface area contributed by atoms with Gasteiger partial charge in [-0.2, -0.15) is 0 Å². The molecule has 336 valence electrons. The van der Waals surface area contributed by atoms with E-state index in [-0.39, 0.29) is 75.2 Å². The lowest BCUT2D eigenvalue weighted by atomic mass is 10.0. The van der Waals surface area contributed by atoms with Gasteiger partial charge in [-0.3, -0.25) is 44.4 Å². The number of nitrogens with zero attached hydrogens (tertiary/aromatic N) is 1. The summed E-state index contributed by atoms with van der Waals surface area (Å²) < 4.78 is 0. The molecular weight excluding hydrogens is 784 g/mol. The Balaban J connectivity index is 3.51. The number of guanidine groups is 2. The normalized spacial score (nSPS) is 14.4. The number of nitrogens with two attached hydrogens (primary N) is 4. The molecule has 1 aromatic rings. The zero-order valence-electron chi connectivity index (χ0n) is 34.8. The summed E-state index contributed by atoms with van der Waals surface area (Å²) in [7, 11) is 2.83. The summed E-state index contributed by atoms with van der Waals surface area (Å²) in [6, 6.07) is -1.85. The van der Waals surface area contributed by atoms with E-state index in [1.165, 1.54) is 38.2 Å². The van der Waals surface area contributed by atoms with E-state index in [2.05, 4.69) is 37.2 Å². The number of primary amides is 2. The van der Waals surface area contributed by atoms with E-state index < -0.39 is 90.1 Å². The SMILES string of the molecule is CN[C@H](C(=O)N[C@H](C(=O)N[C@@H](CCCNC(=N)N)C(=O)N[C@@H](CCC(N)=O)C(=O)N(C)[C@@H](CCCNC(=N)N)C(=O)N[C@@H](Cc1ccc(O)cc1)C(N)=O)[C@@H](C)O)C(C)C. The third-order valence-corrected chi connectivity index (χ3v) is 9.36. The van der Waals surface area contributed by atoms with Gasteiger partial charge in [0.2, 0.25) is 41.4 Å². The summed E-state index contributed by atoms with van der Waals surface area (Å²) in [5.41, 5.74) is 22.4. The fraction of sp³-hybridized carbons (Fsp3) is 0.595. The summed E-state index contributed by atoms with van der Waals surface area (Å²) in [5.74, 6) is -6.69. The van der Waals surface area contributed by atoms with Gasteiger partial charge < -0.3 is 75.3 Å². The van der Waals surface area contributed by atoms with E-state index in [4.69, 9.17) is 33.8 Å². The molecule has 1 rings (SSSR count). The van der Waals surface area contributed by atoms with Crippen LogP contribution in [0.1, 0.15) is 64.9 Å². The Bertz CT molecular complexity index is 1640. The molecule has 23 nitrogen and oxygen atoms in total. The van der Waals surface area contributed by atoms with Crippen LogP contribution in [0.4, 0.5) is 0 Å². The number of nitrogens with one attached hydrogen (secondary N) is 9. The second-order valence-electron chi connectivity index (χ2n) is 14.6. The van der Waals surface area contributed by atoms with Crippen molar-refractivity contribution in [3.63, 3.8) is 0 Å². The molecule has 19 N–H and O–H groups in total. The van der Waals surface area contributed by atoms with Crippen LogP contribution in [-0.4, -0.2) is 138 Å². The summed E-state index contributed by atoms with van der Waals surface area (Å²) in [4.78, 5) is 94.1. The number of aromatic hydroxyl groups is 1. The lowest BCUT2D eigenvalue weighted by Gasteiger charge is -2.32. The number of rotatable bonds is 27. The van der Waals surface area contributed by atoms with Crippen LogP contribution in [0.3, 0.4) is 0 Å². The van der Waals surface area contributed by atoms with Crippen molar-refractivity contribution >= 4 is 53.3 Å². The molecule has 1 aromatic carbocycles. The van der Waals surface area contributed by atoms with E-state index in [1.807, 2.05) is 0 Å². The summed E-state index contributed by atoms with van der Waals surface area (Å²) >= 11 is 0. The maximum absolute atomic E-state index is 14.2. The van der Waals surface area contributed by atoms with Crippen LogP contribution in [0.2, 0.25) is 0 Å².